The summed E-state index contributed by atoms with van der Waals surface area (Å²) in [6.45, 7) is 8.19. The van der Waals surface area contributed by atoms with E-state index in [1.165, 1.54) is 12.0 Å². The predicted molar refractivity (Wildman–Crippen MR) is 78.8 cm³/mol. The summed E-state index contributed by atoms with van der Waals surface area (Å²) in [6, 6.07) is 8.51. The van der Waals surface area contributed by atoms with Crippen LogP contribution >= 0.6 is 0 Å². The number of hydrogen-bond donors (Lipinski definition) is 1. The number of rotatable bonds is 10. The summed E-state index contributed by atoms with van der Waals surface area (Å²) in [4.78, 5) is 0. The minimum absolute atomic E-state index is 0.629. The molecule has 0 aliphatic rings. The quantitative estimate of drug-likeness (QED) is 0.659. The Balaban J connectivity index is 2.16. The van der Waals surface area contributed by atoms with Crippen LogP contribution in [0.25, 0.3) is 0 Å². The summed E-state index contributed by atoms with van der Waals surface area (Å²) >= 11 is 0. The topological polar surface area (TPSA) is 35.1 Å². The van der Waals surface area contributed by atoms with Crippen molar-refractivity contribution in [2.24, 2.45) is 0 Å². The maximum absolute atomic E-state index is 5.73. The monoisotopic (exact) mass is 266 g/mol. The Morgan fingerprint density at radius 3 is 2.47 bits per heavy atom. The fraction of sp³-hybridized carbons (Fsp3) is 0.625. The highest BCUT2D eigenvalue weighted by molar-refractivity contribution is 5.29. The molecule has 3 heteroatoms. The summed E-state index contributed by atoms with van der Waals surface area (Å²) in [5.74, 6) is 1.60. The van der Waals surface area contributed by atoms with E-state index in [0.717, 1.165) is 38.5 Å². The van der Waals surface area contributed by atoms with Gasteiger partial charge in [0.25, 0.3) is 0 Å². The van der Waals surface area contributed by atoms with Crippen LogP contribution in [0.15, 0.2) is 24.3 Å². The van der Waals surface area contributed by atoms with Gasteiger partial charge < -0.3 is 14.8 Å². The van der Waals surface area contributed by atoms with Crippen molar-refractivity contribution in [2.45, 2.75) is 32.6 Å². The number of methoxy groups -OCH3 is 1. The molecule has 0 amide bonds. The van der Waals surface area contributed by atoms with Gasteiger partial charge in [0.05, 0.1) is 26.3 Å². The van der Waals surface area contributed by atoms with E-state index in [2.05, 4.69) is 43.4 Å². The third-order valence-corrected chi connectivity index (χ3v) is 3.41. The number of ether oxygens (including phenoxy) is 2. The maximum atomic E-state index is 5.73. The molecule has 0 saturated heterocycles. The van der Waals surface area contributed by atoms with Crippen molar-refractivity contribution < 1.29 is 14.8 Å². The molecule has 3 nitrogen and oxygen atoms in total. The average Bonchev–Trinajstić information content (AvgIpc) is 2.46. The highest BCUT2D eigenvalue weighted by Crippen LogP contribution is 2.21. The second-order valence-corrected chi connectivity index (χ2v) is 4.94. The van der Waals surface area contributed by atoms with Gasteiger partial charge in [-0.2, -0.15) is 0 Å². The molecule has 108 valence electrons. The van der Waals surface area contributed by atoms with Crippen molar-refractivity contribution in [3.8, 4) is 5.75 Å². The second-order valence-electron chi connectivity index (χ2n) is 4.94. The van der Waals surface area contributed by atoms with Crippen LogP contribution in [-0.4, -0.2) is 33.4 Å². The van der Waals surface area contributed by atoms with E-state index < -0.39 is 0 Å². The van der Waals surface area contributed by atoms with Crippen molar-refractivity contribution in [2.75, 3.05) is 33.4 Å². The number of quaternary nitrogens is 1. The average molecular weight is 266 g/mol. The molecule has 2 N–H and O–H groups in total. The molecule has 0 spiro atoms. The molecular formula is C16H28NO2+. The summed E-state index contributed by atoms with van der Waals surface area (Å²) in [7, 11) is 1.74. The van der Waals surface area contributed by atoms with E-state index in [-0.39, 0.29) is 0 Å². The fourth-order valence-corrected chi connectivity index (χ4v) is 1.89. The zero-order valence-electron chi connectivity index (χ0n) is 12.5. The first-order valence-electron chi connectivity index (χ1n) is 7.31. The molecule has 1 atom stereocenters. The summed E-state index contributed by atoms with van der Waals surface area (Å²) in [5.41, 5.74) is 1.39. The molecule has 0 aliphatic heterocycles. The molecule has 0 heterocycles. The molecular weight excluding hydrogens is 238 g/mol. The van der Waals surface area contributed by atoms with Gasteiger partial charge >= 0.3 is 0 Å². The third-order valence-electron chi connectivity index (χ3n) is 3.41. The van der Waals surface area contributed by atoms with Gasteiger partial charge in [0, 0.05) is 13.5 Å². The lowest BCUT2D eigenvalue weighted by molar-refractivity contribution is -0.656. The molecule has 0 aliphatic carbocycles. The fourth-order valence-electron chi connectivity index (χ4n) is 1.89. The van der Waals surface area contributed by atoms with Crippen LogP contribution in [0.1, 0.15) is 38.2 Å². The molecule has 1 aromatic carbocycles. The molecule has 0 aromatic heterocycles. The van der Waals surface area contributed by atoms with Crippen LogP contribution in [0.2, 0.25) is 0 Å². The zero-order chi connectivity index (χ0) is 13.9. The van der Waals surface area contributed by atoms with Crippen LogP contribution in [0, 0.1) is 0 Å². The molecule has 0 unspecified atom stereocenters. The molecule has 19 heavy (non-hydrogen) atoms. The van der Waals surface area contributed by atoms with Crippen LogP contribution in [0.5, 0.6) is 5.75 Å². The van der Waals surface area contributed by atoms with Gasteiger partial charge in [0.1, 0.15) is 5.75 Å². The summed E-state index contributed by atoms with van der Waals surface area (Å²) in [5, 5.41) is 2.26. The lowest BCUT2D eigenvalue weighted by Crippen LogP contribution is -2.85. The zero-order valence-corrected chi connectivity index (χ0v) is 12.5. The minimum Gasteiger partial charge on any atom is -0.493 e. The molecule has 1 aromatic rings. The Morgan fingerprint density at radius 2 is 1.84 bits per heavy atom. The van der Waals surface area contributed by atoms with Crippen molar-refractivity contribution in [1.82, 2.24) is 0 Å². The van der Waals surface area contributed by atoms with Gasteiger partial charge in [0.15, 0.2) is 0 Å². The standard InChI is InChI=1S/C16H27NO2/c1-4-14(2)15-6-8-16(9-7-15)19-12-5-10-17-11-13-18-3/h6-9,14,17H,4-5,10-13H2,1-3H3/p+1/t14-/m0/s1. The Bertz CT molecular complexity index is 324. The molecule has 0 saturated carbocycles. The van der Waals surface area contributed by atoms with E-state index in [1.807, 2.05) is 0 Å². The molecule has 0 bridgehead atoms. The van der Waals surface area contributed by atoms with E-state index >= 15 is 0 Å². The summed E-state index contributed by atoms with van der Waals surface area (Å²) in [6.07, 6.45) is 2.24. The minimum atomic E-state index is 0.629. The summed E-state index contributed by atoms with van der Waals surface area (Å²) < 4.78 is 10.7. The Hall–Kier alpha value is -1.06. The van der Waals surface area contributed by atoms with Crippen LogP contribution in [0.3, 0.4) is 0 Å². The Labute approximate surface area is 117 Å². The van der Waals surface area contributed by atoms with Crippen molar-refractivity contribution in [1.29, 1.82) is 0 Å². The van der Waals surface area contributed by atoms with E-state index in [1.54, 1.807) is 7.11 Å². The van der Waals surface area contributed by atoms with Crippen LogP contribution in [-0.2, 0) is 4.74 Å². The normalized spacial score (nSPS) is 12.4. The van der Waals surface area contributed by atoms with Gasteiger partial charge in [-0.1, -0.05) is 26.0 Å². The lowest BCUT2D eigenvalue weighted by atomic mass is 9.99. The van der Waals surface area contributed by atoms with Crippen LogP contribution in [0.4, 0.5) is 0 Å². The first kappa shape index (κ1) is 16.0. The first-order chi connectivity index (χ1) is 9.27. The third kappa shape index (κ3) is 6.60. The van der Waals surface area contributed by atoms with Crippen molar-refractivity contribution in [3.05, 3.63) is 29.8 Å². The number of benzene rings is 1. The number of nitrogens with two attached hydrogens (primary N) is 1. The van der Waals surface area contributed by atoms with Gasteiger partial charge in [0.2, 0.25) is 0 Å². The maximum Gasteiger partial charge on any atom is 0.119 e. The van der Waals surface area contributed by atoms with Crippen molar-refractivity contribution in [3.63, 3.8) is 0 Å². The second kappa shape index (κ2) is 9.82. The SMILES string of the molecule is CC[C@H](C)c1ccc(OCCC[NH2+]CCOC)cc1. The van der Waals surface area contributed by atoms with Gasteiger partial charge in [-0.3, -0.25) is 0 Å². The molecule has 0 fully saturated rings. The van der Waals surface area contributed by atoms with E-state index in [4.69, 9.17) is 9.47 Å². The predicted octanol–water partition coefficient (Wildman–Crippen LogP) is 2.18. The van der Waals surface area contributed by atoms with Crippen LogP contribution < -0.4 is 10.1 Å². The number of hydrogen-bond acceptors (Lipinski definition) is 2. The Kier molecular flexibility index (Phi) is 8.26. The largest absolute Gasteiger partial charge is 0.493 e. The lowest BCUT2D eigenvalue weighted by Gasteiger charge is -2.10. The molecule has 1 rings (SSSR count). The highest BCUT2D eigenvalue weighted by Gasteiger charge is 2.02. The van der Waals surface area contributed by atoms with E-state index in [9.17, 15) is 0 Å². The highest BCUT2D eigenvalue weighted by atomic mass is 16.5. The smallest absolute Gasteiger partial charge is 0.119 e. The van der Waals surface area contributed by atoms with Gasteiger partial charge in [-0.25, -0.2) is 0 Å². The first-order valence-corrected chi connectivity index (χ1v) is 7.31. The van der Waals surface area contributed by atoms with E-state index in [0.29, 0.717) is 5.92 Å². The van der Waals surface area contributed by atoms with Gasteiger partial charge in [-0.05, 0) is 30.0 Å². The van der Waals surface area contributed by atoms with Crippen molar-refractivity contribution >= 4 is 0 Å². The van der Waals surface area contributed by atoms with Gasteiger partial charge in [-0.15, -0.1) is 0 Å². The Morgan fingerprint density at radius 1 is 1.11 bits per heavy atom. The molecule has 0 radical (unpaired) electrons.